The number of carbonyl (C=O) groups is 2. The van der Waals surface area contributed by atoms with E-state index < -0.39 is 0 Å². The molecule has 0 unspecified atom stereocenters. The zero-order valence-electron chi connectivity index (χ0n) is 14.4. The molecule has 2 amide bonds. The number of carbonyl (C=O) groups excluding carboxylic acids is 2. The Labute approximate surface area is 148 Å². The lowest BCUT2D eigenvalue weighted by Gasteiger charge is -2.17. The molecule has 2 aromatic carbocycles. The number of benzene rings is 2. The van der Waals surface area contributed by atoms with Gasteiger partial charge < -0.3 is 15.5 Å². The highest BCUT2D eigenvalue weighted by Crippen LogP contribution is 2.23. The van der Waals surface area contributed by atoms with E-state index in [4.69, 9.17) is 0 Å². The molecule has 0 aromatic heterocycles. The van der Waals surface area contributed by atoms with Crippen molar-refractivity contribution in [3.63, 3.8) is 0 Å². The third kappa shape index (κ3) is 4.06. The SMILES string of the molecule is CCNCc1ccccc1NC(=O)c1cccc(N2CCCC2=O)c1. The lowest BCUT2D eigenvalue weighted by molar-refractivity contribution is -0.117. The number of amides is 2. The van der Waals surface area contributed by atoms with Crippen LogP contribution in [0.2, 0.25) is 0 Å². The zero-order valence-corrected chi connectivity index (χ0v) is 14.4. The molecule has 0 bridgehead atoms. The predicted molar refractivity (Wildman–Crippen MR) is 99.8 cm³/mol. The molecule has 130 valence electrons. The molecular weight excluding hydrogens is 314 g/mol. The average Bonchev–Trinajstić information content (AvgIpc) is 3.07. The standard InChI is InChI=1S/C20H23N3O2/c1-2-21-14-16-7-3-4-10-18(16)22-20(25)15-8-5-9-17(13-15)23-12-6-11-19(23)24/h3-5,7-10,13,21H,2,6,11-12,14H2,1H3,(H,22,25). The van der Waals surface area contributed by atoms with Crippen molar-refractivity contribution in [2.45, 2.75) is 26.3 Å². The Balaban J connectivity index is 1.77. The molecule has 2 aromatic rings. The minimum absolute atomic E-state index is 0.119. The maximum Gasteiger partial charge on any atom is 0.255 e. The molecule has 1 aliphatic heterocycles. The van der Waals surface area contributed by atoms with E-state index in [9.17, 15) is 9.59 Å². The van der Waals surface area contributed by atoms with Gasteiger partial charge in [-0.2, -0.15) is 0 Å². The van der Waals surface area contributed by atoms with Crippen LogP contribution >= 0.6 is 0 Å². The Kier molecular flexibility index (Phi) is 5.46. The molecular formula is C20H23N3O2. The van der Waals surface area contributed by atoms with Crippen LogP contribution in [0.25, 0.3) is 0 Å². The van der Waals surface area contributed by atoms with Crippen LogP contribution in [-0.4, -0.2) is 24.9 Å². The van der Waals surface area contributed by atoms with E-state index in [0.717, 1.165) is 36.4 Å². The van der Waals surface area contributed by atoms with Gasteiger partial charge in [-0.15, -0.1) is 0 Å². The predicted octanol–water partition coefficient (Wildman–Crippen LogP) is 3.18. The fourth-order valence-electron chi connectivity index (χ4n) is 2.99. The van der Waals surface area contributed by atoms with Crippen LogP contribution < -0.4 is 15.5 Å². The van der Waals surface area contributed by atoms with E-state index in [0.29, 0.717) is 18.5 Å². The monoisotopic (exact) mass is 337 g/mol. The van der Waals surface area contributed by atoms with Gasteiger partial charge in [0, 0.05) is 36.4 Å². The highest BCUT2D eigenvalue weighted by Gasteiger charge is 2.22. The first-order valence-corrected chi connectivity index (χ1v) is 8.69. The van der Waals surface area contributed by atoms with Crippen molar-refractivity contribution < 1.29 is 9.59 Å². The minimum Gasteiger partial charge on any atom is -0.322 e. The van der Waals surface area contributed by atoms with Crippen LogP contribution in [-0.2, 0) is 11.3 Å². The highest BCUT2D eigenvalue weighted by molar-refractivity contribution is 6.06. The van der Waals surface area contributed by atoms with Crippen LogP contribution in [0.1, 0.15) is 35.7 Å². The first-order valence-electron chi connectivity index (χ1n) is 8.69. The second kappa shape index (κ2) is 7.94. The summed E-state index contributed by atoms with van der Waals surface area (Å²) in [4.78, 5) is 26.3. The van der Waals surface area contributed by atoms with Crippen LogP contribution in [0.3, 0.4) is 0 Å². The normalized spacial score (nSPS) is 14.0. The zero-order chi connectivity index (χ0) is 17.6. The summed E-state index contributed by atoms with van der Waals surface area (Å²) in [6.45, 7) is 4.34. The summed E-state index contributed by atoms with van der Waals surface area (Å²) in [5.74, 6) is -0.0500. The molecule has 1 heterocycles. The quantitative estimate of drug-likeness (QED) is 0.851. The van der Waals surface area contributed by atoms with Gasteiger partial charge in [0.25, 0.3) is 5.91 Å². The number of para-hydroxylation sites is 1. The third-order valence-electron chi connectivity index (χ3n) is 4.32. The molecule has 5 nitrogen and oxygen atoms in total. The van der Waals surface area contributed by atoms with E-state index in [1.807, 2.05) is 43.3 Å². The van der Waals surface area contributed by atoms with Crippen molar-refractivity contribution in [2.75, 3.05) is 23.3 Å². The van der Waals surface area contributed by atoms with Gasteiger partial charge in [-0.1, -0.05) is 31.2 Å². The Morgan fingerprint density at radius 3 is 2.76 bits per heavy atom. The summed E-state index contributed by atoms with van der Waals surface area (Å²) in [5, 5.41) is 6.26. The lowest BCUT2D eigenvalue weighted by Crippen LogP contribution is -2.24. The Morgan fingerprint density at radius 2 is 2.00 bits per heavy atom. The van der Waals surface area contributed by atoms with Crippen molar-refractivity contribution in [1.29, 1.82) is 0 Å². The first kappa shape index (κ1) is 17.2. The molecule has 25 heavy (non-hydrogen) atoms. The Bertz CT molecular complexity index is 773. The van der Waals surface area contributed by atoms with Gasteiger partial charge in [0.2, 0.25) is 5.91 Å². The second-order valence-corrected chi connectivity index (χ2v) is 6.09. The fourth-order valence-corrected chi connectivity index (χ4v) is 2.99. The van der Waals surface area contributed by atoms with Gasteiger partial charge >= 0.3 is 0 Å². The summed E-state index contributed by atoms with van der Waals surface area (Å²) in [7, 11) is 0. The topological polar surface area (TPSA) is 61.4 Å². The fraction of sp³-hybridized carbons (Fsp3) is 0.300. The number of anilines is 2. The highest BCUT2D eigenvalue weighted by atomic mass is 16.2. The van der Waals surface area contributed by atoms with Gasteiger partial charge in [-0.3, -0.25) is 9.59 Å². The maximum absolute atomic E-state index is 12.7. The summed E-state index contributed by atoms with van der Waals surface area (Å²) in [6.07, 6.45) is 1.45. The summed E-state index contributed by atoms with van der Waals surface area (Å²) >= 11 is 0. The number of nitrogens with one attached hydrogen (secondary N) is 2. The molecule has 3 rings (SSSR count). The molecule has 0 atom stereocenters. The van der Waals surface area contributed by atoms with Gasteiger partial charge in [-0.05, 0) is 42.8 Å². The van der Waals surface area contributed by atoms with Crippen LogP contribution in [0, 0.1) is 0 Å². The summed E-state index contributed by atoms with van der Waals surface area (Å²) in [5.41, 5.74) is 3.19. The molecule has 1 saturated heterocycles. The molecule has 0 saturated carbocycles. The molecule has 0 radical (unpaired) electrons. The molecule has 1 fully saturated rings. The maximum atomic E-state index is 12.7. The third-order valence-corrected chi connectivity index (χ3v) is 4.32. The van der Waals surface area contributed by atoms with Crippen molar-refractivity contribution in [2.24, 2.45) is 0 Å². The molecule has 1 aliphatic rings. The van der Waals surface area contributed by atoms with E-state index in [-0.39, 0.29) is 11.8 Å². The second-order valence-electron chi connectivity index (χ2n) is 6.09. The van der Waals surface area contributed by atoms with Crippen LogP contribution in [0.5, 0.6) is 0 Å². The van der Waals surface area contributed by atoms with Gasteiger partial charge in [0.1, 0.15) is 0 Å². The van der Waals surface area contributed by atoms with E-state index in [2.05, 4.69) is 10.6 Å². The molecule has 0 spiro atoms. The smallest absolute Gasteiger partial charge is 0.255 e. The summed E-state index contributed by atoms with van der Waals surface area (Å²) < 4.78 is 0. The van der Waals surface area contributed by atoms with Gasteiger partial charge in [0.05, 0.1) is 0 Å². The lowest BCUT2D eigenvalue weighted by atomic mass is 10.1. The largest absolute Gasteiger partial charge is 0.322 e. The van der Waals surface area contributed by atoms with E-state index in [1.165, 1.54) is 0 Å². The number of rotatable bonds is 6. The van der Waals surface area contributed by atoms with E-state index >= 15 is 0 Å². The van der Waals surface area contributed by atoms with Crippen molar-refractivity contribution in [1.82, 2.24) is 5.32 Å². The minimum atomic E-state index is -0.169. The van der Waals surface area contributed by atoms with Crippen molar-refractivity contribution in [3.8, 4) is 0 Å². The Morgan fingerprint density at radius 1 is 1.16 bits per heavy atom. The van der Waals surface area contributed by atoms with Crippen molar-refractivity contribution >= 4 is 23.2 Å². The number of nitrogens with zero attached hydrogens (tertiary/aromatic N) is 1. The molecule has 0 aliphatic carbocycles. The van der Waals surface area contributed by atoms with Crippen molar-refractivity contribution in [3.05, 3.63) is 59.7 Å². The summed E-state index contributed by atoms with van der Waals surface area (Å²) in [6, 6.07) is 15.0. The first-order chi connectivity index (χ1) is 12.2. The van der Waals surface area contributed by atoms with Crippen LogP contribution in [0.15, 0.2) is 48.5 Å². The van der Waals surface area contributed by atoms with Gasteiger partial charge in [-0.25, -0.2) is 0 Å². The Hall–Kier alpha value is -2.66. The molecule has 5 heteroatoms. The average molecular weight is 337 g/mol. The molecule has 2 N–H and O–H groups in total. The van der Waals surface area contributed by atoms with E-state index in [1.54, 1.807) is 17.0 Å². The van der Waals surface area contributed by atoms with Gasteiger partial charge in [0.15, 0.2) is 0 Å². The van der Waals surface area contributed by atoms with Crippen LogP contribution in [0.4, 0.5) is 11.4 Å². The number of hydrogen-bond donors (Lipinski definition) is 2. The number of hydrogen-bond acceptors (Lipinski definition) is 3.